The van der Waals surface area contributed by atoms with Gasteiger partial charge in [-0.15, -0.1) is 0 Å². The minimum atomic E-state index is -0.455. The molecule has 0 aromatic carbocycles. The van der Waals surface area contributed by atoms with Crippen LogP contribution < -0.4 is 5.73 Å². The molecular formula is C13H23N5O2. The monoisotopic (exact) mass is 281 g/mol. The quantitative estimate of drug-likeness (QED) is 0.759. The Bertz CT molecular complexity index is 452. The van der Waals surface area contributed by atoms with Gasteiger partial charge in [-0.05, 0) is 14.0 Å². The molecule has 1 aromatic heterocycles. The van der Waals surface area contributed by atoms with E-state index < -0.39 is 5.97 Å². The summed E-state index contributed by atoms with van der Waals surface area (Å²) in [5.74, 6) is -0.455. The summed E-state index contributed by atoms with van der Waals surface area (Å²) in [5, 5.41) is 4.21. The number of rotatable bonds is 5. The highest BCUT2D eigenvalue weighted by Gasteiger charge is 2.17. The van der Waals surface area contributed by atoms with Crippen LogP contribution in [0.4, 0.5) is 5.69 Å². The summed E-state index contributed by atoms with van der Waals surface area (Å²) in [5.41, 5.74) is 6.38. The lowest BCUT2D eigenvalue weighted by molar-refractivity contribution is 0.0519. The van der Waals surface area contributed by atoms with Crippen LogP contribution in [0.25, 0.3) is 0 Å². The molecule has 0 aliphatic carbocycles. The number of carbonyl (C=O) groups excluding carboxylic acids is 1. The van der Waals surface area contributed by atoms with Gasteiger partial charge in [-0.3, -0.25) is 9.58 Å². The minimum absolute atomic E-state index is 0.213. The fraction of sp³-hybridized carbons (Fsp3) is 0.692. The van der Waals surface area contributed by atoms with Crippen molar-refractivity contribution in [1.82, 2.24) is 19.6 Å². The van der Waals surface area contributed by atoms with Crippen molar-refractivity contribution in [3.05, 3.63) is 11.9 Å². The first-order valence-corrected chi connectivity index (χ1v) is 7.01. The Morgan fingerprint density at radius 1 is 1.35 bits per heavy atom. The molecule has 1 aromatic rings. The Kier molecular flexibility index (Phi) is 4.97. The average molecular weight is 281 g/mol. The van der Waals surface area contributed by atoms with Gasteiger partial charge in [0.2, 0.25) is 0 Å². The number of nitrogens with zero attached hydrogens (tertiary/aromatic N) is 4. The van der Waals surface area contributed by atoms with E-state index in [1.54, 1.807) is 17.8 Å². The molecule has 0 saturated carbocycles. The molecule has 2 N–H and O–H groups in total. The van der Waals surface area contributed by atoms with Crippen LogP contribution in [0.15, 0.2) is 6.20 Å². The normalized spacial score (nSPS) is 17.3. The predicted octanol–water partition coefficient (Wildman–Crippen LogP) is -0.111. The lowest BCUT2D eigenvalue weighted by Crippen LogP contribution is -2.45. The Labute approximate surface area is 119 Å². The van der Waals surface area contributed by atoms with Gasteiger partial charge < -0.3 is 15.4 Å². The van der Waals surface area contributed by atoms with Crippen molar-refractivity contribution in [1.29, 1.82) is 0 Å². The van der Waals surface area contributed by atoms with Crippen molar-refractivity contribution in [3.8, 4) is 0 Å². The molecule has 0 spiro atoms. The van der Waals surface area contributed by atoms with Gasteiger partial charge in [-0.1, -0.05) is 0 Å². The third-order valence-corrected chi connectivity index (χ3v) is 3.50. The number of hydrogen-bond acceptors (Lipinski definition) is 6. The number of aromatic nitrogens is 2. The third kappa shape index (κ3) is 3.71. The number of anilines is 1. The van der Waals surface area contributed by atoms with Crippen LogP contribution in [0.2, 0.25) is 0 Å². The highest BCUT2D eigenvalue weighted by molar-refractivity contribution is 5.92. The van der Waals surface area contributed by atoms with Crippen molar-refractivity contribution in [2.75, 3.05) is 52.1 Å². The minimum Gasteiger partial charge on any atom is -0.461 e. The first kappa shape index (κ1) is 14.8. The molecule has 0 amide bonds. The number of nitrogens with two attached hydrogens (primary N) is 1. The fourth-order valence-corrected chi connectivity index (χ4v) is 2.22. The smallest absolute Gasteiger partial charge is 0.361 e. The molecule has 1 aliphatic heterocycles. The number of nitrogen functional groups attached to an aromatic ring is 1. The van der Waals surface area contributed by atoms with Crippen molar-refractivity contribution in [3.63, 3.8) is 0 Å². The van der Waals surface area contributed by atoms with Crippen LogP contribution in [0.5, 0.6) is 0 Å². The Balaban J connectivity index is 1.87. The summed E-state index contributed by atoms with van der Waals surface area (Å²) in [7, 11) is 2.14. The van der Waals surface area contributed by atoms with E-state index in [0.717, 1.165) is 39.3 Å². The van der Waals surface area contributed by atoms with Gasteiger partial charge in [0, 0.05) is 38.9 Å². The number of ether oxygens (including phenoxy) is 1. The van der Waals surface area contributed by atoms with Crippen LogP contribution in [0, 0.1) is 0 Å². The van der Waals surface area contributed by atoms with Gasteiger partial charge >= 0.3 is 5.97 Å². The summed E-state index contributed by atoms with van der Waals surface area (Å²) in [6.07, 6.45) is 1.70. The molecule has 0 bridgehead atoms. The number of likely N-dealkylation sites (N-methyl/N-ethyl adjacent to an activating group) is 1. The summed E-state index contributed by atoms with van der Waals surface area (Å²) >= 11 is 0. The molecule has 0 atom stereocenters. The standard InChI is InChI=1S/C13H23N5O2/c1-3-20-13(19)12-11(14)10-18(15-12)9-8-17-6-4-16(2)5-7-17/h10H,3-9,14H2,1-2H3. The second kappa shape index (κ2) is 6.71. The molecule has 1 saturated heterocycles. The van der Waals surface area contributed by atoms with Crippen molar-refractivity contribution in [2.45, 2.75) is 13.5 Å². The molecule has 7 heteroatoms. The number of hydrogen-bond donors (Lipinski definition) is 1. The molecule has 7 nitrogen and oxygen atoms in total. The molecule has 0 unspecified atom stereocenters. The second-order valence-corrected chi connectivity index (χ2v) is 5.06. The third-order valence-electron chi connectivity index (χ3n) is 3.50. The number of piperazine rings is 1. The van der Waals surface area contributed by atoms with E-state index in [0.29, 0.717) is 12.3 Å². The maximum absolute atomic E-state index is 11.6. The van der Waals surface area contributed by atoms with Crippen LogP contribution in [0.3, 0.4) is 0 Å². The first-order valence-electron chi connectivity index (χ1n) is 7.01. The Morgan fingerprint density at radius 2 is 2.05 bits per heavy atom. The highest BCUT2D eigenvalue weighted by atomic mass is 16.5. The van der Waals surface area contributed by atoms with E-state index in [2.05, 4.69) is 21.9 Å². The molecular weight excluding hydrogens is 258 g/mol. The van der Waals surface area contributed by atoms with Crippen LogP contribution >= 0.6 is 0 Å². The van der Waals surface area contributed by atoms with Crippen LogP contribution in [-0.4, -0.2) is 71.9 Å². The number of esters is 1. The average Bonchev–Trinajstić information content (AvgIpc) is 2.80. The highest BCUT2D eigenvalue weighted by Crippen LogP contribution is 2.11. The topological polar surface area (TPSA) is 76.6 Å². The number of carbonyl (C=O) groups is 1. The van der Waals surface area contributed by atoms with E-state index >= 15 is 0 Å². The molecule has 112 valence electrons. The van der Waals surface area contributed by atoms with Crippen molar-refractivity contribution >= 4 is 11.7 Å². The van der Waals surface area contributed by atoms with E-state index in [4.69, 9.17) is 10.5 Å². The zero-order valence-electron chi connectivity index (χ0n) is 12.2. The molecule has 0 radical (unpaired) electrons. The molecule has 1 aliphatic rings. The van der Waals surface area contributed by atoms with E-state index in [-0.39, 0.29) is 5.69 Å². The van der Waals surface area contributed by atoms with E-state index in [9.17, 15) is 4.79 Å². The lowest BCUT2D eigenvalue weighted by Gasteiger charge is -2.32. The van der Waals surface area contributed by atoms with Gasteiger partial charge in [0.1, 0.15) is 0 Å². The zero-order valence-corrected chi connectivity index (χ0v) is 12.2. The van der Waals surface area contributed by atoms with Crippen LogP contribution in [-0.2, 0) is 11.3 Å². The SMILES string of the molecule is CCOC(=O)c1nn(CCN2CCN(C)CC2)cc1N. The van der Waals surface area contributed by atoms with Gasteiger partial charge in [0.15, 0.2) is 5.69 Å². The Morgan fingerprint density at radius 3 is 2.70 bits per heavy atom. The predicted molar refractivity (Wildman–Crippen MR) is 76.5 cm³/mol. The molecule has 1 fully saturated rings. The summed E-state index contributed by atoms with van der Waals surface area (Å²) in [6.45, 7) is 8.05. The maximum Gasteiger partial charge on any atom is 0.361 e. The summed E-state index contributed by atoms with van der Waals surface area (Å²) < 4.78 is 6.64. The zero-order chi connectivity index (χ0) is 14.5. The Hall–Kier alpha value is -1.60. The molecule has 2 heterocycles. The maximum atomic E-state index is 11.6. The lowest BCUT2D eigenvalue weighted by atomic mass is 10.3. The first-order chi connectivity index (χ1) is 9.60. The van der Waals surface area contributed by atoms with E-state index in [1.807, 2.05) is 0 Å². The van der Waals surface area contributed by atoms with Gasteiger partial charge in [0.05, 0.1) is 18.8 Å². The largest absolute Gasteiger partial charge is 0.461 e. The molecule has 20 heavy (non-hydrogen) atoms. The fourth-order valence-electron chi connectivity index (χ4n) is 2.22. The van der Waals surface area contributed by atoms with Crippen molar-refractivity contribution < 1.29 is 9.53 Å². The summed E-state index contributed by atoms with van der Waals surface area (Å²) in [6, 6.07) is 0. The summed E-state index contributed by atoms with van der Waals surface area (Å²) in [4.78, 5) is 16.3. The van der Waals surface area contributed by atoms with Crippen molar-refractivity contribution in [2.24, 2.45) is 0 Å². The van der Waals surface area contributed by atoms with E-state index in [1.165, 1.54) is 0 Å². The van der Waals surface area contributed by atoms with Crippen LogP contribution in [0.1, 0.15) is 17.4 Å². The van der Waals surface area contributed by atoms with Gasteiger partial charge in [-0.2, -0.15) is 5.10 Å². The van der Waals surface area contributed by atoms with Gasteiger partial charge in [0.25, 0.3) is 0 Å². The second-order valence-electron chi connectivity index (χ2n) is 5.06. The molecule has 2 rings (SSSR count). The van der Waals surface area contributed by atoms with Gasteiger partial charge in [-0.25, -0.2) is 4.79 Å².